The van der Waals surface area contributed by atoms with Crippen LogP contribution in [0.4, 0.5) is 4.39 Å². The molecule has 1 unspecified atom stereocenters. The molecule has 29 heavy (non-hydrogen) atoms. The lowest BCUT2D eigenvalue weighted by molar-refractivity contribution is 0.0783. The minimum absolute atomic E-state index is 0.00312. The SMILES string of the molecule is Oc1cccc(C23CCN(CC4CC4)C[C@@H]2Cc2c([nH]c4c(F)cccc24)C3)c1. The highest BCUT2D eigenvalue weighted by atomic mass is 19.1. The van der Waals surface area contributed by atoms with E-state index in [-0.39, 0.29) is 11.2 Å². The number of aromatic nitrogens is 1. The van der Waals surface area contributed by atoms with Crippen LogP contribution in [0.15, 0.2) is 42.5 Å². The van der Waals surface area contributed by atoms with Crippen molar-refractivity contribution in [2.75, 3.05) is 19.6 Å². The van der Waals surface area contributed by atoms with Crippen LogP contribution in [-0.4, -0.2) is 34.6 Å². The Bertz CT molecular complexity index is 1090. The van der Waals surface area contributed by atoms with Crippen molar-refractivity contribution in [3.63, 3.8) is 0 Å². The number of likely N-dealkylation sites (tertiary alicyclic amines) is 1. The number of aromatic hydroxyl groups is 1. The molecule has 6 rings (SSSR count). The van der Waals surface area contributed by atoms with E-state index >= 15 is 0 Å². The molecule has 2 N–H and O–H groups in total. The van der Waals surface area contributed by atoms with Gasteiger partial charge < -0.3 is 15.0 Å². The maximum atomic E-state index is 14.5. The van der Waals surface area contributed by atoms with Gasteiger partial charge in [-0.3, -0.25) is 0 Å². The number of fused-ring (bicyclic) bond motifs is 4. The molecule has 3 nitrogen and oxygen atoms in total. The summed E-state index contributed by atoms with van der Waals surface area (Å²) in [7, 11) is 0. The number of phenols is 1. The number of halogens is 1. The Morgan fingerprint density at radius 2 is 2.03 bits per heavy atom. The van der Waals surface area contributed by atoms with Crippen LogP contribution in [-0.2, 0) is 18.3 Å². The van der Waals surface area contributed by atoms with Gasteiger partial charge in [-0.15, -0.1) is 0 Å². The van der Waals surface area contributed by atoms with E-state index in [1.807, 2.05) is 18.2 Å². The van der Waals surface area contributed by atoms with E-state index in [4.69, 9.17) is 0 Å². The molecular weight excluding hydrogens is 363 g/mol. The number of H-pyrrole nitrogens is 1. The number of para-hydroxylation sites is 1. The summed E-state index contributed by atoms with van der Waals surface area (Å²) in [6.45, 7) is 3.42. The van der Waals surface area contributed by atoms with E-state index in [1.165, 1.54) is 36.2 Å². The van der Waals surface area contributed by atoms with E-state index in [0.717, 1.165) is 43.7 Å². The summed E-state index contributed by atoms with van der Waals surface area (Å²) in [6.07, 6.45) is 5.71. The molecule has 150 valence electrons. The second-order valence-corrected chi connectivity index (χ2v) is 9.48. The third kappa shape index (κ3) is 2.80. The van der Waals surface area contributed by atoms with Gasteiger partial charge in [-0.2, -0.15) is 0 Å². The molecule has 3 aliphatic rings. The van der Waals surface area contributed by atoms with E-state index in [0.29, 0.717) is 17.2 Å². The summed E-state index contributed by atoms with van der Waals surface area (Å²) in [6, 6.07) is 13.3. The van der Waals surface area contributed by atoms with Gasteiger partial charge in [-0.05, 0) is 79.8 Å². The van der Waals surface area contributed by atoms with Crippen molar-refractivity contribution in [2.45, 2.75) is 37.5 Å². The quantitative estimate of drug-likeness (QED) is 0.675. The zero-order valence-corrected chi connectivity index (χ0v) is 16.6. The molecule has 2 atom stereocenters. The first-order valence-electron chi connectivity index (χ1n) is 10.9. The smallest absolute Gasteiger partial charge is 0.147 e. The minimum atomic E-state index is -0.165. The maximum Gasteiger partial charge on any atom is 0.147 e. The van der Waals surface area contributed by atoms with Crippen LogP contribution in [0.5, 0.6) is 5.75 Å². The molecule has 2 aliphatic carbocycles. The van der Waals surface area contributed by atoms with Crippen molar-refractivity contribution in [2.24, 2.45) is 11.8 Å². The van der Waals surface area contributed by atoms with Gasteiger partial charge in [0.25, 0.3) is 0 Å². The minimum Gasteiger partial charge on any atom is -0.508 e. The van der Waals surface area contributed by atoms with Gasteiger partial charge >= 0.3 is 0 Å². The summed E-state index contributed by atoms with van der Waals surface area (Å²) in [4.78, 5) is 6.09. The largest absolute Gasteiger partial charge is 0.508 e. The molecule has 2 heterocycles. The zero-order chi connectivity index (χ0) is 19.6. The second kappa shape index (κ2) is 6.33. The summed E-state index contributed by atoms with van der Waals surface area (Å²) in [5, 5.41) is 11.2. The number of hydrogen-bond donors (Lipinski definition) is 2. The fourth-order valence-corrected chi connectivity index (χ4v) is 6.00. The fourth-order valence-electron chi connectivity index (χ4n) is 6.00. The van der Waals surface area contributed by atoms with Crippen molar-refractivity contribution in [1.82, 2.24) is 9.88 Å². The monoisotopic (exact) mass is 390 g/mol. The van der Waals surface area contributed by atoms with Crippen LogP contribution >= 0.6 is 0 Å². The van der Waals surface area contributed by atoms with E-state index < -0.39 is 0 Å². The third-order valence-electron chi connectivity index (χ3n) is 7.69. The number of hydrogen-bond acceptors (Lipinski definition) is 2. The van der Waals surface area contributed by atoms with Crippen molar-refractivity contribution in [3.8, 4) is 5.75 Å². The Morgan fingerprint density at radius 1 is 1.17 bits per heavy atom. The van der Waals surface area contributed by atoms with Crippen molar-refractivity contribution >= 4 is 10.9 Å². The van der Waals surface area contributed by atoms with Crippen LogP contribution in [0.2, 0.25) is 0 Å². The molecule has 2 aromatic carbocycles. The Kier molecular flexibility index (Phi) is 3.83. The zero-order valence-electron chi connectivity index (χ0n) is 16.6. The number of nitrogens with one attached hydrogen (secondary N) is 1. The molecule has 0 bridgehead atoms. The highest BCUT2D eigenvalue weighted by Crippen LogP contribution is 2.50. The van der Waals surface area contributed by atoms with Gasteiger partial charge in [0, 0.05) is 29.6 Å². The lowest BCUT2D eigenvalue weighted by Gasteiger charge is -2.51. The Morgan fingerprint density at radius 3 is 2.86 bits per heavy atom. The number of benzene rings is 2. The fraction of sp³-hybridized carbons (Fsp3) is 0.440. The van der Waals surface area contributed by atoms with E-state index in [2.05, 4.69) is 22.0 Å². The molecule has 4 heteroatoms. The van der Waals surface area contributed by atoms with Crippen LogP contribution in [0, 0.1) is 17.7 Å². The van der Waals surface area contributed by atoms with Gasteiger partial charge in [0.15, 0.2) is 0 Å². The van der Waals surface area contributed by atoms with Crippen molar-refractivity contribution in [1.29, 1.82) is 0 Å². The number of aromatic amines is 1. The van der Waals surface area contributed by atoms with Gasteiger partial charge in [0.05, 0.1) is 5.52 Å². The van der Waals surface area contributed by atoms with Gasteiger partial charge in [-0.1, -0.05) is 24.3 Å². The van der Waals surface area contributed by atoms with Gasteiger partial charge in [0.2, 0.25) is 0 Å². The first-order valence-corrected chi connectivity index (χ1v) is 10.9. The van der Waals surface area contributed by atoms with Crippen LogP contribution in [0.1, 0.15) is 36.1 Å². The Balaban J connectivity index is 1.46. The average Bonchev–Trinajstić information content (AvgIpc) is 3.46. The van der Waals surface area contributed by atoms with Crippen molar-refractivity contribution in [3.05, 3.63) is 65.1 Å². The molecule has 1 saturated carbocycles. The topological polar surface area (TPSA) is 39.3 Å². The number of nitrogens with zero attached hydrogens (tertiary/aromatic N) is 1. The molecule has 0 spiro atoms. The molecule has 1 aliphatic heterocycles. The third-order valence-corrected chi connectivity index (χ3v) is 7.69. The standard InChI is InChI=1S/C25H27FN2O/c26-22-6-2-5-20-21-12-18-15-28(14-16-7-8-16)10-9-25(18,13-23(21)27-24(20)22)17-3-1-4-19(29)11-17/h1-6,11,16,18,27,29H,7-10,12-15H2/t18-,25?/m0/s1. The number of rotatable bonds is 3. The Labute approximate surface area is 170 Å². The Hall–Kier alpha value is -2.33. The molecule has 1 saturated heterocycles. The molecule has 3 aromatic rings. The predicted molar refractivity (Wildman–Crippen MR) is 113 cm³/mol. The first-order chi connectivity index (χ1) is 14.1. The number of phenolic OH excluding ortho intramolecular Hbond substituents is 1. The molecule has 1 aromatic heterocycles. The molecule has 0 radical (unpaired) electrons. The van der Waals surface area contributed by atoms with Gasteiger partial charge in [0.1, 0.15) is 11.6 Å². The number of piperidine rings is 1. The molecular formula is C25H27FN2O. The normalized spacial score (nSPS) is 27.0. The molecule has 0 amide bonds. The maximum absolute atomic E-state index is 14.5. The summed E-state index contributed by atoms with van der Waals surface area (Å²) >= 11 is 0. The van der Waals surface area contributed by atoms with Crippen LogP contribution in [0.25, 0.3) is 10.9 Å². The predicted octanol–water partition coefficient (Wildman–Crippen LogP) is 4.78. The van der Waals surface area contributed by atoms with Crippen LogP contribution < -0.4 is 0 Å². The highest BCUT2D eigenvalue weighted by molar-refractivity contribution is 5.85. The van der Waals surface area contributed by atoms with Crippen molar-refractivity contribution < 1.29 is 9.50 Å². The summed E-state index contributed by atoms with van der Waals surface area (Å²) in [5.41, 5.74) is 4.37. The average molecular weight is 391 g/mol. The summed E-state index contributed by atoms with van der Waals surface area (Å²) < 4.78 is 14.5. The van der Waals surface area contributed by atoms with E-state index in [9.17, 15) is 9.50 Å². The van der Waals surface area contributed by atoms with Crippen LogP contribution in [0.3, 0.4) is 0 Å². The highest BCUT2D eigenvalue weighted by Gasteiger charge is 2.48. The lowest BCUT2D eigenvalue weighted by atomic mass is 9.58. The summed E-state index contributed by atoms with van der Waals surface area (Å²) in [5.74, 6) is 1.54. The lowest BCUT2D eigenvalue weighted by Crippen LogP contribution is -2.54. The molecule has 2 fully saturated rings. The first kappa shape index (κ1) is 17.5. The van der Waals surface area contributed by atoms with E-state index in [1.54, 1.807) is 12.1 Å². The second-order valence-electron chi connectivity index (χ2n) is 9.48. The van der Waals surface area contributed by atoms with Gasteiger partial charge in [-0.25, -0.2) is 4.39 Å².